The zero-order chi connectivity index (χ0) is 14.6. The van der Waals surface area contributed by atoms with E-state index in [2.05, 4.69) is 0 Å². The second kappa shape index (κ2) is 5.87. The van der Waals surface area contributed by atoms with Crippen LogP contribution in [0.4, 0.5) is 11.4 Å². The lowest BCUT2D eigenvalue weighted by molar-refractivity contribution is -0.396. The third-order valence-corrected chi connectivity index (χ3v) is 2.25. The summed E-state index contributed by atoms with van der Waals surface area (Å²) in [6, 6.07) is 2.47. The molecule has 0 bridgehead atoms. The molecule has 19 heavy (non-hydrogen) atoms. The molecule has 1 aromatic rings. The number of nitrogens with zero attached hydrogens (tertiary/aromatic N) is 2. The van der Waals surface area contributed by atoms with Crippen molar-refractivity contribution in [1.29, 1.82) is 0 Å². The molecule has 1 atom stereocenters. The monoisotopic (exact) mass is 269 g/mol. The largest absolute Gasteiger partial charge is 0.459 e. The predicted molar refractivity (Wildman–Crippen MR) is 63.2 cm³/mol. The molecule has 0 aliphatic rings. The minimum absolute atomic E-state index is 0.272. The van der Waals surface area contributed by atoms with Gasteiger partial charge in [-0.3, -0.25) is 25.0 Å². The standard InChI is InChI=1S/C10H11N3O6/c1-6(11)10(14)19-5-7-8(12(15)16)3-2-4-9(7)13(17)18/h2-4,6H,5,11H2,1H3. The molecule has 1 unspecified atom stereocenters. The van der Waals surface area contributed by atoms with Crippen LogP contribution in [-0.2, 0) is 16.1 Å². The molecule has 0 amide bonds. The van der Waals surface area contributed by atoms with Gasteiger partial charge in [0.1, 0.15) is 18.2 Å². The predicted octanol–water partition coefficient (Wildman–Crippen LogP) is 0.893. The van der Waals surface area contributed by atoms with Crippen molar-refractivity contribution in [1.82, 2.24) is 0 Å². The van der Waals surface area contributed by atoms with Crippen LogP contribution in [0.2, 0.25) is 0 Å². The molecular formula is C10H11N3O6. The molecule has 9 nitrogen and oxygen atoms in total. The van der Waals surface area contributed by atoms with Crippen molar-refractivity contribution in [3.05, 3.63) is 44.0 Å². The number of nitro groups is 2. The molecule has 0 aliphatic carbocycles. The lowest BCUT2D eigenvalue weighted by atomic mass is 10.1. The molecule has 0 saturated carbocycles. The Morgan fingerprint density at radius 1 is 1.32 bits per heavy atom. The van der Waals surface area contributed by atoms with Crippen LogP contribution in [-0.4, -0.2) is 21.9 Å². The van der Waals surface area contributed by atoms with Crippen LogP contribution >= 0.6 is 0 Å². The molecular weight excluding hydrogens is 258 g/mol. The van der Waals surface area contributed by atoms with Gasteiger partial charge in [-0.05, 0) is 13.0 Å². The molecule has 0 aliphatic heterocycles. The van der Waals surface area contributed by atoms with E-state index in [0.717, 1.165) is 12.1 Å². The van der Waals surface area contributed by atoms with Gasteiger partial charge in [0, 0.05) is 12.1 Å². The SMILES string of the molecule is CC(N)C(=O)OCc1c([N+](=O)[O-])cccc1[N+](=O)[O-]. The number of esters is 1. The highest BCUT2D eigenvalue weighted by Gasteiger charge is 2.26. The van der Waals surface area contributed by atoms with Gasteiger partial charge in [0.15, 0.2) is 0 Å². The van der Waals surface area contributed by atoms with Crippen LogP contribution in [0.5, 0.6) is 0 Å². The number of benzene rings is 1. The Morgan fingerprint density at radius 2 is 1.79 bits per heavy atom. The van der Waals surface area contributed by atoms with E-state index in [1.54, 1.807) is 0 Å². The van der Waals surface area contributed by atoms with E-state index in [1.165, 1.54) is 13.0 Å². The highest BCUT2D eigenvalue weighted by atomic mass is 16.6. The van der Waals surface area contributed by atoms with Crippen molar-refractivity contribution >= 4 is 17.3 Å². The second-order valence-corrected chi connectivity index (χ2v) is 3.69. The Labute approximate surface area is 107 Å². The van der Waals surface area contributed by atoms with E-state index < -0.39 is 39.8 Å². The number of rotatable bonds is 5. The van der Waals surface area contributed by atoms with Gasteiger partial charge in [-0.1, -0.05) is 0 Å². The van der Waals surface area contributed by atoms with Crippen LogP contribution in [0.25, 0.3) is 0 Å². The quantitative estimate of drug-likeness (QED) is 0.475. The Morgan fingerprint density at radius 3 is 2.16 bits per heavy atom. The van der Waals surface area contributed by atoms with Gasteiger partial charge in [0.2, 0.25) is 0 Å². The average Bonchev–Trinajstić information content (AvgIpc) is 2.34. The van der Waals surface area contributed by atoms with Gasteiger partial charge in [0.05, 0.1) is 9.85 Å². The van der Waals surface area contributed by atoms with Gasteiger partial charge in [-0.2, -0.15) is 0 Å². The summed E-state index contributed by atoms with van der Waals surface area (Å²) in [6.45, 7) is 0.796. The summed E-state index contributed by atoms with van der Waals surface area (Å²) >= 11 is 0. The van der Waals surface area contributed by atoms with E-state index in [0.29, 0.717) is 0 Å². The Kier molecular flexibility index (Phi) is 4.48. The van der Waals surface area contributed by atoms with E-state index >= 15 is 0 Å². The first-order chi connectivity index (χ1) is 8.84. The molecule has 0 fully saturated rings. The Hall–Kier alpha value is -2.55. The number of carbonyl (C=O) groups excluding carboxylic acids is 1. The first-order valence-corrected chi connectivity index (χ1v) is 5.17. The van der Waals surface area contributed by atoms with Crippen molar-refractivity contribution in [2.45, 2.75) is 19.6 Å². The van der Waals surface area contributed by atoms with E-state index in [-0.39, 0.29) is 5.56 Å². The van der Waals surface area contributed by atoms with Gasteiger partial charge in [-0.15, -0.1) is 0 Å². The summed E-state index contributed by atoms with van der Waals surface area (Å²) in [6.07, 6.45) is 0. The van der Waals surface area contributed by atoms with Crippen molar-refractivity contribution < 1.29 is 19.4 Å². The molecule has 2 N–H and O–H groups in total. The minimum Gasteiger partial charge on any atom is -0.459 e. The fourth-order valence-corrected chi connectivity index (χ4v) is 1.33. The van der Waals surface area contributed by atoms with Gasteiger partial charge in [-0.25, -0.2) is 0 Å². The molecule has 102 valence electrons. The zero-order valence-corrected chi connectivity index (χ0v) is 9.94. The maximum Gasteiger partial charge on any atom is 0.322 e. The van der Waals surface area contributed by atoms with Crippen molar-refractivity contribution in [2.75, 3.05) is 0 Å². The van der Waals surface area contributed by atoms with Crippen molar-refractivity contribution in [3.8, 4) is 0 Å². The van der Waals surface area contributed by atoms with Gasteiger partial charge >= 0.3 is 5.97 Å². The maximum absolute atomic E-state index is 11.2. The van der Waals surface area contributed by atoms with E-state index in [4.69, 9.17) is 10.5 Å². The van der Waals surface area contributed by atoms with Crippen LogP contribution in [0, 0.1) is 20.2 Å². The molecule has 1 rings (SSSR count). The molecule has 1 aromatic carbocycles. The smallest absolute Gasteiger partial charge is 0.322 e. The summed E-state index contributed by atoms with van der Waals surface area (Å²) in [5.41, 5.74) is 4.02. The van der Waals surface area contributed by atoms with Crippen LogP contribution in [0.3, 0.4) is 0 Å². The number of ether oxygens (including phenoxy) is 1. The topological polar surface area (TPSA) is 139 Å². The van der Waals surface area contributed by atoms with Crippen LogP contribution in [0.15, 0.2) is 18.2 Å². The number of nitrogens with two attached hydrogens (primary N) is 1. The fourth-order valence-electron chi connectivity index (χ4n) is 1.33. The summed E-state index contributed by atoms with van der Waals surface area (Å²) in [5, 5.41) is 21.6. The average molecular weight is 269 g/mol. The minimum atomic E-state index is -0.915. The third-order valence-electron chi connectivity index (χ3n) is 2.25. The highest BCUT2D eigenvalue weighted by Crippen LogP contribution is 2.28. The number of hydrogen-bond donors (Lipinski definition) is 1. The first kappa shape index (κ1) is 14.5. The van der Waals surface area contributed by atoms with Gasteiger partial charge < -0.3 is 10.5 Å². The number of nitro benzene ring substituents is 2. The van der Waals surface area contributed by atoms with E-state index in [1.807, 2.05) is 0 Å². The third kappa shape index (κ3) is 3.45. The van der Waals surface area contributed by atoms with Gasteiger partial charge in [0.25, 0.3) is 11.4 Å². The molecule has 0 saturated heterocycles. The lowest BCUT2D eigenvalue weighted by Gasteiger charge is -2.07. The highest BCUT2D eigenvalue weighted by molar-refractivity contribution is 5.75. The normalized spacial score (nSPS) is 11.7. The molecule has 9 heteroatoms. The van der Waals surface area contributed by atoms with E-state index in [9.17, 15) is 25.0 Å². The summed E-state index contributed by atoms with van der Waals surface area (Å²) in [4.78, 5) is 31.2. The zero-order valence-electron chi connectivity index (χ0n) is 9.94. The Balaban J connectivity index is 3.11. The lowest BCUT2D eigenvalue weighted by Crippen LogP contribution is -2.28. The summed E-state index contributed by atoms with van der Waals surface area (Å²) in [7, 11) is 0. The van der Waals surface area contributed by atoms with Crippen LogP contribution in [0.1, 0.15) is 12.5 Å². The first-order valence-electron chi connectivity index (χ1n) is 5.17. The molecule has 0 radical (unpaired) electrons. The molecule has 0 heterocycles. The van der Waals surface area contributed by atoms with Crippen molar-refractivity contribution in [3.63, 3.8) is 0 Å². The van der Waals surface area contributed by atoms with Crippen molar-refractivity contribution in [2.24, 2.45) is 5.73 Å². The molecule has 0 spiro atoms. The summed E-state index contributed by atoms with van der Waals surface area (Å²) < 4.78 is 4.70. The van der Waals surface area contributed by atoms with Crippen LogP contribution < -0.4 is 5.73 Å². The number of carbonyl (C=O) groups is 1. The fraction of sp³-hybridized carbons (Fsp3) is 0.300. The maximum atomic E-state index is 11.2. The second-order valence-electron chi connectivity index (χ2n) is 3.69. The number of hydrogen-bond acceptors (Lipinski definition) is 7. The summed E-state index contributed by atoms with van der Waals surface area (Å²) in [5.74, 6) is -0.799. The molecule has 0 aromatic heterocycles. The Bertz CT molecular complexity index is 496.